The molecule has 1 aromatic carbocycles. The van der Waals surface area contributed by atoms with Crippen LogP contribution in [0.3, 0.4) is 0 Å². The van der Waals surface area contributed by atoms with E-state index in [0.717, 1.165) is 29.3 Å². The molecule has 1 fully saturated rings. The Hall–Kier alpha value is -1.86. The van der Waals surface area contributed by atoms with E-state index in [2.05, 4.69) is 4.98 Å². The minimum Gasteiger partial charge on any atom is -0.477 e. The molecule has 0 spiro atoms. The zero-order chi connectivity index (χ0) is 15.9. The van der Waals surface area contributed by atoms with Crippen molar-refractivity contribution >= 4 is 26.9 Å². The van der Waals surface area contributed by atoms with Gasteiger partial charge in [0.05, 0.1) is 6.26 Å². The summed E-state index contributed by atoms with van der Waals surface area (Å²) in [6, 6.07) is 7.37. The lowest BCUT2D eigenvalue weighted by Gasteiger charge is -2.31. The van der Waals surface area contributed by atoms with Gasteiger partial charge in [-0.3, -0.25) is 0 Å². The average molecular weight is 322 g/mol. The van der Waals surface area contributed by atoms with Gasteiger partial charge in [-0.05, 0) is 42.5 Å². The third-order valence-electron chi connectivity index (χ3n) is 4.20. The predicted octanol–water partition coefficient (Wildman–Crippen LogP) is 2.01. The number of carbonyl (C=O) groups is 1. The average Bonchev–Trinajstić information content (AvgIpc) is 2.89. The molecular weight excluding hydrogens is 304 g/mol. The van der Waals surface area contributed by atoms with Crippen LogP contribution in [0.1, 0.15) is 34.8 Å². The Balaban J connectivity index is 1.91. The largest absolute Gasteiger partial charge is 0.477 e. The van der Waals surface area contributed by atoms with Gasteiger partial charge in [-0.25, -0.2) is 17.5 Å². The van der Waals surface area contributed by atoms with Crippen LogP contribution in [0.4, 0.5) is 0 Å². The monoisotopic (exact) mass is 322 g/mol. The van der Waals surface area contributed by atoms with Crippen LogP contribution in [0.25, 0.3) is 10.9 Å². The number of H-pyrrole nitrogens is 1. The molecule has 2 heterocycles. The fraction of sp³-hybridized carbons (Fsp3) is 0.400. The molecule has 1 atom stereocenters. The van der Waals surface area contributed by atoms with Gasteiger partial charge >= 0.3 is 5.97 Å². The van der Waals surface area contributed by atoms with Gasteiger partial charge < -0.3 is 10.1 Å². The molecule has 7 heteroatoms. The summed E-state index contributed by atoms with van der Waals surface area (Å²) in [6.45, 7) is 1.06. The van der Waals surface area contributed by atoms with Crippen molar-refractivity contribution in [3.63, 3.8) is 0 Å². The second-order valence-electron chi connectivity index (χ2n) is 5.80. The van der Waals surface area contributed by atoms with E-state index in [1.807, 2.05) is 18.2 Å². The molecule has 1 aliphatic rings. The number of nitrogens with one attached hydrogen (secondary N) is 1. The topological polar surface area (TPSA) is 90.5 Å². The van der Waals surface area contributed by atoms with Gasteiger partial charge in [-0.1, -0.05) is 6.07 Å². The Labute approximate surface area is 128 Å². The van der Waals surface area contributed by atoms with Crippen LogP contribution in [0.5, 0.6) is 0 Å². The second kappa shape index (κ2) is 5.40. The number of hydrogen-bond acceptors (Lipinski definition) is 3. The van der Waals surface area contributed by atoms with E-state index in [1.54, 1.807) is 6.07 Å². The Morgan fingerprint density at radius 2 is 2.14 bits per heavy atom. The minimum absolute atomic E-state index is 0.149. The Kier molecular flexibility index (Phi) is 3.70. The highest BCUT2D eigenvalue weighted by molar-refractivity contribution is 7.88. The SMILES string of the molecule is CS(=O)(=O)N1CCCC(c2ccc3[nH]c(C(=O)O)cc3c2)C1. The highest BCUT2D eigenvalue weighted by Crippen LogP contribution is 2.30. The van der Waals surface area contributed by atoms with E-state index < -0.39 is 16.0 Å². The molecule has 0 bridgehead atoms. The zero-order valence-electron chi connectivity index (χ0n) is 12.2. The molecular formula is C15H18N2O4S. The second-order valence-corrected chi connectivity index (χ2v) is 7.78. The number of aromatic amines is 1. The number of aromatic carboxylic acids is 1. The number of carboxylic acid groups (broad SMARTS) is 1. The van der Waals surface area contributed by atoms with E-state index in [4.69, 9.17) is 5.11 Å². The molecule has 0 saturated carbocycles. The highest BCUT2D eigenvalue weighted by atomic mass is 32.2. The standard InChI is InChI=1S/C15H18N2O4S/c1-22(20,21)17-6-2-3-11(9-17)10-4-5-13-12(7-10)8-14(16-13)15(18)19/h4-5,7-8,11,16H,2-3,6,9H2,1H3,(H,18,19). The lowest BCUT2D eigenvalue weighted by atomic mass is 9.91. The molecule has 1 unspecified atom stereocenters. The smallest absolute Gasteiger partial charge is 0.352 e. The third-order valence-corrected chi connectivity index (χ3v) is 5.47. The third kappa shape index (κ3) is 2.86. The first kappa shape index (κ1) is 15.1. The number of fused-ring (bicyclic) bond motifs is 1. The van der Waals surface area contributed by atoms with E-state index in [-0.39, 0.29) is 11.6 Å². The molecule has 2 aromatic rings. The summed E-state index contributed by atoms with van der Waals surface area (Å²) in [6.07, 6.45) is 3.01. The van der Waals surface area contributed by atoms with Crippen LogP contribution in [-0.2, 0) is 10.0 Å². The number of piperidine rings is 1. The maximum atomic E-state index is 11.7. The van der Waals surface area contributed by atoms with Gasteiger partial charge in [-0.15, -0.1) is 0 Å². The van der Waals surface area contributed by atoms with Gasteiger partial charge in [-0.2, -0.15) is 0 Å². The summed E-state index contributed by atoms with van der Waals surface area (Å²) < 4.78 is 24.9. The molecule has 0 aliphatic carbocycles. The van der Waals surface area contributed by atoms with Crippen LogP contribution in [0.15, 0.2) is 24.3 Å². The fourth-order valence-corrected chi connectivity index (χ4v) is 3.95. The van der Waals surface area contributed by atoms with Crippen molar-refractivity contribution in [1.82, 2.24) is 9.29 Å². The summed E-state index contributed by atoms with van der Waals surface area (Å²) in [5.41, 5.74) is 1.99. The maximum Gasteiger partial charge on any atom is 0.352 e. The summed E-state index contributed by atoms with van der Waals surface area (Å²) in [5, 5.41) is 9.86. The number of benzene rings is 1. The van der Waals surface area contributed by atoms with Gasteiger partial charge in [0.15, 0.2) is 0 Å². The molecule has 2 N–H and O–H groups in total. The normalized spacial score (nSPS) is 20.3. The summed E-state index contributed by atoms with van der Waals surface area (Å²) in [5.74, 6) is -0.838. The van der Waals surface area contributed by atoms with Crippen LogP contribution in [-0.4, -0.2) is 48.1 Å². The first-order chi connectivity index (χ1) is 10.3. The molecule has 22 heavy (non-hydrogen) atoms. The van der Waals surface area contributed by atoms with Gasteiger partial charge in [0.1, 0.15) is 5.69 Å². The number of aromatic nitrogens is 1. The zero-order valence-corrected chi connectivity index (χ0v) is 13.1. The summed E-state index contributed by atoms with van der Waals surface area (Å²) >= 11 is 0. The van der Waals surface area contributed by atoms with E-state index in [1.165, 1.54) is 10.6 Å². The molecule has 3 rings (SSSR count). The van der Waals surface area contributed by atoms with Gasteiger partial charge in [0, 0.05) is 24.0 Å². The molecule has 118 valence electrons. The number of rotatable bonds is 3. The van der Waals surface area contributed by atoms with Crippen LogP contribution >= 0.6 is 0 Å². The van der Waals surface area contributed by atoms with Crippen molar-refractivity contribution in [1.29, 1.82) is 0 Å². The van der Waals surface area contributed by atoms with Crippen LogP contribution in [0.2, 0.25) is 0 Å². The quantitative estimate of drug-likeness (QED) is 0.904. The van der Waals surface area contributed by atoms with Crippen molar-refractivity contribution in [3.05, 3.63) is 35.5 Å². The molecule has 1 saturated heterocycles. The van der Waals surface area contributed by atoms with E-state index >= 15 is 0 Å². The van der Waals surface area contributed by atoms with Gasteiger partial charge in [0.25, 0.3) is 0 Å². The van der Waals surface area contributed by atoms with Gasteiger partial charge in [0.2, 0.25) is 10.0 Å². The first-order valence-electron chi connectivity index (χ1n) is 7.15. The Morgan fingerprint density at radius 1 is 1.36 bits per heavy atom. The van der Waals surface area contributed by atoms with Crippen molar-refractivity contribution < 1.29 is 18.3 Å². The number of nitrogens with zero attached hydrogens (tertiary/aromatic N) is 1. The van der Waals surface area contributed by atoms with Crippen molar-refractivity contribution in [2.45, 2.75) is 18.8 Å². The fourth-order valence-electron chi connectivity index (χ4n) is 3.04. The molecule has 0 amide bonds. The summed E-state index contributed by atoms with van der Waals surface area (Å²) in [4.78, 5) is 13.9. The molecule has 1 aromatic heterocycles. The minimum atomic E-state index is -3.17. The highest BCUT2D eigenvalue weighted by Gasteiger charge is 2.27. The van der Waals surface area contributed by atoms with E-state index in [0.29, 0.717) is 13.1 Å². The van der Waals surface area contributed by atoms with Crippen LogP contribution in [0, 0.1) is 0 Å². The van der Waals surface area contributed by atoms with Crippen molar-refractivity contribution in [3.8, 4) is 0 Å². The Morgan fingerprint density at radius 3 is 2.82 bits per heavy atom. The number of sulfonamides is 1. The lowest BCUT2D eigenvalue weighted by Crippen LogP contribution is -2.38. The van der Waals surface area contributed by atoms with Crippen LogP contribution < -0.4 is 0 Å². The molecule has 1 aliphatic heterocycles. The molecule has 6 nitrogen and oxygen atoms in total. The molecule has 0 radical (unpaired) electrons. The summed E-state index contributed by atoms with van der Waals surface area (Å²) in [7, 11) is -3.17. The maximum absolute atomic E-state index is 11.7. The lowest BCUT2D eigenvalue weighted by molar-refractivity contribution is 0.0691. The first-order valence-corrected chi connectivity index (χ1v) is 9.00. The van der Waals surface area contributed by atoms with Crippen molar-refractivity contribution in [2.75, 3.05) is 19.3 Å². The predicted molar refractivity (Wildman–Crippen MR) is 83.6 cm³/mol. The van der Waals surface area contributed by atoms with Crippen molar-refractivity contribution in [2.24, 2.45) is 0 Å². The number of hydrogen-bond donors (Lipinski definition) is 2. The number of carboxylic acids is 1. The Bertz CT molecular complexity index is 825. The van der Waals surface area contributed by atoms with E-state index in [9.17, 15) is 13.2 Å².